The second-order valence-corrected chi connectivity index (χ2v) is 3.51. The highest BCUT2D eigenvalue weighted by Gasteiger charge is 2.08. The Morgan fingerprint density at radius 2 is 2.24 bits per heavy atom. The third-order valence-electron chi connectivity index (χ3n) is 2.43. The standard InChI is InChI=1S/C11H9N3O3/c1-12-10-13-5-9(16-10)6-2-3-7-8(4-6)17-11(15)14-7/h2-5H,1H3,(H,12,13)(H,14,15). The predicted octanol–water partition coefficient (Wildman–Crippen LogP) is 1.82. The van der Waals surface area contributed by atoms with Gasteiger partial charge in [-0.25, -0.2) is 9.78 Å². The maximum absolute atomic E-state index is 11.0. The van der Waals surface area contributed by atoms with Crippen molar-refractivity contribution in [3.8, 4) is 11.3 Å². The van der Waals surface area contributed by atoms with Crippen molar-refractivity contribution in [3.63, 3.8) is 0 Å². The first kappa shape index (κ1) is 9.71. The molecule has 3 aromatic rings. The number of anilines is 1. The summed E-state index contributed by atoms with van der Waals surface area (Å²) in [4.78, 5) is 17.6. The van der Waals surface area contributed by atoms with Gasteiger partial charge in [0, 0.05) is 12.6 Å². The van der Waals surface area contributed by atoms with Gasteiger partial charge in [-0.2, -0.15) is 0 Å². The van der Waals surface area contributed by atoms with Crippen LogP contribution in [0.3, 0.4) is 0 Å². The van der Waals surface area contributed by atoms with Crippen LogP contribution in [0.5, 0.6) is 0 Å². The van der Waals surface area contributed by atoms with E-state index in [4.69, 9.17) is 8.83 Å². The van der Waals surface area contributed by atoms with Crippen LogP contribution in [0.25, 0.3) is 22.4 Å². The average molecular weight is 231 g/mol. The molecule has 0 saturated carbocycles. The molecule has 0 radical (unpaired) electrons. The Kier molecular flexibility index (Phi) is 2.01. The van der Waals surface area contributed by atoms with Crippen LogP contribution in [0.15, 0.2) is 38.0 Å². The Morgan fingerprint density at radius 3 is 3.00 bits per heavy atom. The third kappa shape index (κ3) is 1.59. The summed E-state index contributed by atoms with van der Waals surface area (Å²) in [5.74, 6) is 0.144. The van der Waals surface area contributed by atoms with Crippen molar-refractivity contribution in [2.24, 2.45) is 0 Å². The van der Waals surface area contributed by atoms with Gasteiger partial charge in [0.05, 0.1) is 11.7 Å². The summed E-state index contributed by atoms with van der Waals surface area (Å²) in [6.45, 7) is 0. The maximum atomic E-state index is 11.0. The number of nitrogens with one attached hydrogen (secondary N) is 2. The van der Waals surface area contributed by atoms with Gasteiger partial charge in [0.25, 0.3) is 6.01 Å². The fourth-order valence-corrected chi connectivity index (χ4v) is 1.62. The van der Waals surface area contributed by atoms with Crippen LogP contribution < -0.4 is 11.1 Å². The summed E-state index contributed by atoms with van der Waals surface area (Å²) in [5, 5.41) is 2.80. The molecule has 6 heteroatoms. The zero-order valence-electron chi connectivity index (χ0n) is 8.98. The van der Waals surface area contributed by atoms with E-state index in [9.17, 15) is 4.79 Å². The molecule has 86 valence electrons. The molecule has 0 spiro atoms. The number of hydrogen-bond acceptors (Lipinski definition) is 5. The Labute approximate surface area is 95.3 Å². The molecule has 2 N–H and O–H groups in total. The van der Waals surface area contributed by atoms with Gasteiger partial charge < -0.3 is 14.2 Å². The van der Waals surface area contributed by atoms with Gasteiger partial charge >= 0.3 is 5.76 Å². The first-order valence-corrected chi connectivity index (χ1v) is 5.03. The lowest BCUT2D eigenvalue weighted by Gasteiger charge is -1.95. The summed E-state index contributed by atoms with van der Waals surface area (Å²) >= 11 is 0. The summed E-state index contributed by atoms with van der Waals surface area (Å²) in [6, 6.07) is 5.76. The smallest absolute Gasteiger partial charge is 0.417 e. The number of H-pyrrole nitrogens is 1. The minimum atomic E-state index is -0.467. The molecule has 2 aromatic heterocycles. The van der Waals surface area contributed by atoms with Crippen LogP contribution in [-0.2, 0) is 0 Å². The SMILES string of the molecule is CNc1ncc(-c2ccc3[nH]c(=O)oc3c2)o1. The summed E-state index contributed by atoms with van der Waals surface area (Å²) in [5.41, 5.74) is 1.95. The largest absolute Gasteiger partial charge is 0.424 e. The van der Waals surface area contributed by atoms with Crippen molar-refractivity contribution in [3.05, 3.63) is 34.9 Å². The molecule has 17 heavy (non-hydrogen) atoms. The second kappa shape index (κ2) is 3.51. The molecular formula is C11H9N3O3. The highest BCUT2D eigenvalue weighted by Crippen LogP contribution is 2.25. The van der Waals surface area contributed by atoms with E-state index in [1.807, 2.05) is 6.07 Å². The van der Waals surface area contributed by atoms with Crippen molar-refractivity contribution in [1.29, 1.82) is 0 Å². The number of fused-ring (bicyclic) bond motifs is 1. The number of oxazole rings is 2. The van der Waals surface area contributed by atoms with Crippen LogP contribution in [0.1, 0.15) is 0 Å². The van der Waals surface area contributed by atoms with E-state index in [2.05, 4.69) is 15.3 Å². The lowest BCUT2D eigenvalue weighted by atomic mass is 10.2. The number of rotatable bonds is 2. The van der Waals surface area contributed by atoms with Gasteiger partial charge in [0.15, 0.2) is 11.3 Å². The lowest BCUT2D eigenvalue weighted by molar-refractivity contribution is 0.555. The van der Waals surface area contributed by atoms with Gasteiger partial charge in [0.1, 0.15) is 0 Å². The maximum Gasteiger partial charge on any atom is 0.417 e. The summed E-state index contributed by atoms with van der Waals surface area (Å²) in [6.07, 6.45) is 1.61. The van der Waals surface area contributed by atoms with Crippen molar-refractivity contribution in [1.82, 2.24) is 9.97 Å². The Bertz CT molecular complexity index is 723. The number of benzene rings is 1. The van der Waals surface area contributed by atoms with Crippen molar-refractivity contribution in [2.45, 2.75) is 0 Å². The lowest BCUT2D eigenvalue weighted by Crippen LogP contribution is -1.92. The van der Waals surface area contributed by atoms with E-state index in [0.29, 0.717) is 22.9 Å². The topological polar surface area (TPSA) is 84.1 Å². The molecule has 0 amide bonds. The summed E-state index contributed by atoms with van der Waals surface area (Å²) in [7, 11) is 1.73. The van der Waals surface area contributed by atoms with Gasteiger partial charge in [-0.05, 0) is 18.2 Å². The van der Waals surface area contributed by atoms with E-state index >= 15 is 0 Å². The zero-order chi connectivity index (χ0) is 11.8. The average Bonchev–Trinajstić information content (AvgIpc) is 2.92. The molecule has 0 saturated heterocycles. The fraction of sp³-hybridized carbons (Fsp3) is 0.0909. The van der Waals surface area contributed by atoms with Crippen LogP contribution in [0, 0.1) is 0 Å². The predicted molar refractivity (Wildman–Crippen MR) is 61.9 cm³/mol. The minimum Gasteiger partial charge on any atom is -0.424 e. The molecular weight excluding hydrogens is 222 g/mol. The molecule has 0 aliphatic rings. The summed E-state index contributed by atoms with van der Waals surface area (Å²) < 4.78 is 10.4. The molecule has 6 nitrogen and oxygen atoms in total. The fourth-order valence-electron chi connectivity index (χ4n) is 1.62. The van der Waals surface area contributed by atoms with Gasteiger partial charge in [-0.1, -0.05) is 0 Å². The van der Waals surface area contributed by atoms with Gasteiger partial charge in [-0.3, -0.25) is 4.98 Å². The quantitative estimate of drug-likeness (QED) is 0.702. The van der Waals surface area contributed by atoms with Crippen molar-refractivity contribution in [2.75, 3.05) is 12.4 Å². The normalized spacial score (nSPS) is 10.9. The van der Waals surface area contributed by atoms with Crippen LogP contribution >= 0.6 is 0 Å². The molecule has 0 aliphatic carbocycles. The van der Waals surface area contributed by atoms with Gasteiger partial charge in [-0.15, -0.1) is 0 Å². The van der Waals surface area contributed by atoms with E-state index < -0.39 is 5.76 Å². The monoisotopic (exact) mass is 231 g/mol. The van der Waals surface area contributed by atoms with Crippen LogP contribution in [-0.4, -0.2) is 17.0 Å². The molecule has 0 aliphatic heterocycles. The number of nitrogens with zero attached hydrogens (tertiary/aromatic N) is 1. The Morgan fingerprint density at radius 1 is 1.35 bits per heavy atom. The third-order valence-corrected chi connectivity index (χ3v) is 2.43. The highest BCUT2D eigenvalue weighted by atomic mass is 16.4. The first-order chi connectivity index (χ1) is 8.26. The van der Waals surface area contributed by atoms with E-state index in [-0.39, 0.29) is 0 Å². The van der Waals surface area contributed by atoms with Crippen LogP contribution in [0.4, 0.5) is 6.01 Å². The van der Waals surface area contributed by atoms with Crippen molar-refractivity contribution >= 4 is 17.1 Å². The highest BCUT2D eigenvalue weighted by molar-refractivity contribution is 5.78. The number of aromatic nitrogens is 2. The second-order valence-electron chi connectivity index (χ2n) is 3.51. The molecule has 0 unspecified atom stereocenters. The number of aromatic amines is 1. The molecule has 0 bridgehead atoms. The van der Waals surface area contributed by atoms with E-state index in [1.54, 1.807) is 25.4 Å². The van der Waals surface area contributed by atoms with Gasteiger partial charge in [0.2, 0.25) is 0 Å². The zero-order valence-corrected chi connectivity index (χ0v) is 8.98. The molecule has 1 aromatic carbocycles. The van der Waals surface area contributed by atoms with E-state index in [1.165, 1.54) is 0 Å². The Balaban J connectivity index is 2.13. The molecule has 2 heterocycles. The van der Waals surface area contributed by atoms with Crippen LogP contribution in [0.2, 0.25) is 0 Å². The first-order valence-electron chi connectivity index (χ1n) is 5.03. The minimum absolute atomic E-state index is 0.440. The molecule has 3 rings (SSSR count). The molecule has 0 atom stereocenters. The number of hydrogen-bond donors (Lipinski definition) is 2. The molecule has 0 fully saturated rings. The van der Waals surface area contributed by atoms with Crippen molar-refractivity contribution < 1.29 is 8.83 Å². The Hall–Kier alpha value is -2.50. The van der Waals surface area contributed by atoms with E-state index in [0.717, 1.165) is 5.56 Å².